The standard InChI is InChI=1S/C18H17BrCl2N2O2/c19-14-11-13(20)5-6-17(14)25-12-18(24)23-9-7-22(8-10-23)16-4-2-1-3-15(16)21/h1-6,11H,7-10,12H2. The Hall–Kier alpha value is -1.43. The van der Waals surface area contributed by atoms with Crippen molar-refractivity contribution in [1.29, 1.82) is 0 Å². The first-order valence-corrected chi connectivity index (χ1v) is 9.44. The Kier molecular flexibility index (Phi) is 6.10. The van der Waals surface area contributed by atoms with E-state index < -0.39 is 0 Å². The highest BCUT2D eigenvalue weighted by molar-refractivity contribution is 9.10. The molecule has 0 spiro atoms. The van der Waals surface area contributed by atoms with Gasteiger partial charge in [-0.05, 0) is 46.3 Å². The summed E-state index contributed by atoms with van der Waals surface area (Å²) in [5.41, 5.74) is 1.01. The Labute approximate surface area is 165 Å². The summed E-state index contributed by atoms with van der Waals surface area (Å²) >= 11 is 15.5. The van der Waals surface area contributed by atoms with Gasteiger partial charge in [0, 0.05) is 31.2 Å². The zero-order chi connectivity index (χ0) is 17.8. The molecule has 0 aliphatic carbocycles. The lowest BCUT2D eigenvalue weighted by molar-refractivity contribution is -0.133. The Balaban J connectivity index is 1.52. The van der Waals surface area contributed by atoms with Gasteiger partial charge in [-0.3, -0.25) is 4.79 Å². The van der Waals surface area contributed by atoms with E-state index in [0.29, 0.717) is 23.9 Å². The van der Waals surface area contributed by atoms with E-state index in [1.807, 2.05) is 29.2 Å². The third-order valence-corrected chi connectivity index (χ3v) is 5.25. The van der Waals surface area contributed by atoms with Crippen LogP contribution in [0.25, 0.3) is 0 Å². The number of hydrogen-bond acceptors (Lipinski definition) is 3. The summed E-state index contributed by atoms with van der Waals surface area (Å²) in [6.45, 7) is 2.80. The van der Waals surface area contributed by atoms with E-state index in [0.717, 1.165) is 28.3 Å². The fourth-order valence-electron chi connectivity index (χ4n) is 2.73. The zero-order valence-electron chi connectivity index (χ0n) is 13.4. The van der Waals surface area contributed by atoms with Crippen molar-refractivity contribution < 1.29 is 9.53 Å². The smallest absolute Gasteiger partial charge is 0.260 e. The second-order valence-electron chi connectivity index (χ2n) is 5.68. The largest absolute Gasteiger partial charge is 0.483 e. The summed E-state index contributed by atoms with van der Waals surface area (Å²) in [6.07, 6.45) is 0. The van der Waals surface area contributed by atoms with Gasteiger partial charge in [0.05, 0.1) is 15.2 Å². The van der Waals surface area contributed by atoms with E-state index in [4.69, 9.17) is 27.9 Å². The van der Waals surface area contributed by atoms with Crippen molar-refractivity contribution in [3.05, 3.63) is 57.0 Å². The molecule has 0 atom stereocenters. The zero-order valence-corrected chi connectivity index (χ0v) is 16.5. The van der Waals surface area contributed by atoms with Crippen LogP contribution >= 0.6 is 39.1 Å². The SMILES string of the molecule is O=C(COc1ccc(Cl)cc1Br)N1CCN(c2ccccc2Cl)CC1. The van der Waals surface area contributed by atoms with Gasteiger partial charge in [-0.1, -0.05) is 35.3 Å². The van der Waals surface area contributed by atoms with Crippen molar-refractivity contribution in [3.8, 4) is 5.75 Å². The lowest BCUT2D eigenvalue weighted by Gasteiger charge is -2.36. The highest BCUT2D eigenvalue weighted by atomic mass is 79.9. The predicted octanol–water partition coefficient (Wildman–Crippen LogP) is 4.48. The minimum Gasteiger partial charge on any atom is -0.483 e. The molecule has 7 heteroatoms. The normalized spacial score (nSPS) is 14.5. The van der Waals surface area contributed by atoms with E-state index in [1.165, 1.54) is 0 Å². The number of ether oxygens (including phenoxy) is 1. The number of rotatable bonds is 4. The van der Waals surface area contributed by atoms with Crippen molar-refractivity contribution in [3.63, 3.8) is 0 Å². The number of hydrogen-bond donors (Lipinski definition) is 0. The molecule has 0 saturated carbocycles. The average Bonchev–Trinajstić information content (AvgIpc) is 2.61. The molecule has 132 valence electrons. The topological polar surface area (TPSA) is 32.8 Å². The molecule has 1 saturated heterocycles. The van der Waals surface area contributed by atoms with Crippen LogP contribution in [0.1, 0.15) is 0 Å². The average molecular weight is 444 g/mol. The second kappa shape index (κ2) is 8.30. The Morgan fingerprint density at radius 1 is 1.08 bits per heavy atom. The molecule has 1 aliphatic heterocycles. The van der Waals surface area contributed by atoms with Crippen LogP contribution in [0.5, 0.6) is 5.75 Å². The number of amides is 1. The van der Waals surface area contributed by atoms with Crippen molar-refractivity contribution in [2.24, 2.45) is 0 Å². The summed E-state index contributed by atoms with van der Waals surface area (Å²) < 4.78 is 6.34. The van der Waals surface area contributed by atoms with Crippen molar-refractivity contribution >= 4 is 50.7 Å². The van der Waals surface area contributed by atoms with E-state index in [1.54, 1.807) is 18.2 Å². The van der Waals surface area contributed by atoms with Gasteiger partial charge in [-0.2, -0.15) is 0 Å². The number of carbonyl (C=O) groups excluding carboxylic acids is 1. The molecule has 0 aromatic heterocycles. The van der Waals surface area contributed by atoms with Gasteiger partial charge in [0.1, 0.15) is 5.75 Å². The van der Waals surface area contributed by atoms with Crippen LogP contribution in [-0.2, 0) is 4.79 Å². The van der Waals surface area contributed by atoms with E-state index in [9.17, 15) is 4.79 Å². The quantitative estimate of drug-likeness (QED) is 0.698. The van der Waals surface area contributed by atoms with Crippen LogP contribution in [0.4, 0.5) is 5.69 Å². The molecule has 0 bridgehead atoms. The maximum Gasteiger partial charge on any atom is 0.260 e. The summed E-state index contributed by atoms with van der Waals surface area (Å²) in [5, 5.41) is 1.35. The number of carbonyl (C=O) groups is 1. The highest BCUT2D eigenvalue weighted by Crippen LogP contribution is 2.28. The van der Waals surface area contributed by atoms with Crippen LogP contribution in [0.2, 0.25) is 10.0 Å². The van der Waals surface area contributed by atoms with Gasteiger partial charge < -0.3 is 14.5 Å². The molecule has 0 radical (unpaired) electrons. The molecule has 25 heavy (non-hydrogen) atoms. The Morgan fingerprint density at radius 3 is 2.48 bits per heavy atom. The summed E-state index contributed by atoms with van der Waals surface area (Å²) in [5.74, 6) is 0.577. The summed E-state index contributed by atoms with van der Waals surface area (Å²) in [6, 6.07) is 13.0. The monoisotopic (exact) mass is 442 g/mol. The summed E-state index contributed by atoms with van der Waals surface area (Å²) in [4.78, 5) is 16.4. The Morgan fingerprint density at radius 2 is 1.80 bits per heavy atom. The third kappa shape index (κ3) is 4.60. The van der Waals surface area contributed by atoms with E-state index >= 15 is 0 Å². The fourth-order valence-corrected chi connectivity index (χ4v) is 3.78. The van der Waals surface area contributed by atoms with Crippen molar-refractivity contribution in [2.45, 2.75) is 0 Å². The Bertz CT molecular complexity index is 764. The van der Waals surface area contributed by atoms with Gasteiger partial charge in [-0.25, -0.2) is 0 Å². The van der Waals surface area contributed by atoms with E-state index in [2.05, 4.69) is 20.8 Å². The van der Waals surface area contributed by atoms with Gasteiger partial charge in [-0.15, -0.1) is 0 Å². The lowest BCUT2D eigenvalue weighted by atomic mass is 10.2. The molecule has 1 amide bonds. The molecule has 1 fully saturated rings. The number of benzene rings is 2. The van der Waals surface area contributed by atoms with E-state index in [-0.39, 0.29) is 12.5 Å². The van der Waals surface area contributed by atoms with Crippen molar-refractivity contribution in [2.75, 3.05) is 37.7 Å². The molecule has 4 nitrogen and oxygen atoms in total. The molecule has 3 rings (SSSR count). The number of para-hydroxylation sites is 1. The predicted molar refractivity (Wildman–Crippen MR) is 105 cm³/mol. The molecule has 2 aromatic carbocycles. The number of nitrogens with zero attached hydrogens (tertiary/aromatic N) is 2. The van der Waals surface area contributed by atoms with Gasteiger partial charge in [0.25, 0.3) is 5.91 Å². The highest BCUT2D eigenvalue weighted by Gasteiger charge is 2.22. The first-order valence-electron chi connectivity index (χ1n) is 7.89. The molecule has 1 heterocycles. The van der Waals surface area contributed by atoms with Gasteiger partial charge in [0.2, 0.25) is 0 Å². The number of piperazine rings is 1. The molecule has 0 N–H and O–H groups in total. The van der Waals surface area contributed by atoms with Gasteiger partial charge in [0.15, 0.2) is 6.61 Å². The molecule has 0 unspecified atom stereocenters. The van der Waals surface area contributed by atoms with Crippen LogP contribution in [0.15, 0.2) is 46.9 Å². The van der Waals surface area contributed by atoms with Crippen LogP contribution in [-0.4, -0.2) is 43.6 Å². The minimum absolute atomic E-state index is 0.00628. The number of halogens is 3. The third-order valence-electron chi connectivity index (χ3n) is 4.07. The number of anilines is 1. The van der Waals surface area contributed by atoms with Crippen LogP contribution < -0.4 is 9.64 Å². The fraction of sp³-hybridized carbons (Fsp3) is 0.278. The molecule has 2 aromatic rings. The molecular weight excluding hydrogens is 427 g/mol. The molecular formula is C18H17BrCl2N2O2. The first-order chi connectivity index (χ1) is 12.0. The van der Waals surface area contributed by atoms with Crippen molar-refractivity contribution in [1.82, 2.24) is 4.90 Å². The summed E-state index contributed by atoms with van der Waals surface area (Å²) in [7, 11) is 0. The maximum atomic E-state index is 12.4. The molecule has 1 aliphatic rings. The minimum atomic E-state index is -0.0272. The van der Waals surface area contributed by atoms with Gasteiger partial charge >= 0.3 is 0 Å². The first kappa shape index (κ1) is 18.4. The lowest BCUT2D eigenvalue weighted by Crippen LogP contribution is -2.50. The second-order valence-corrected chi connectivity index (χ2v) is 7.38. The van der Waals surface area contributed by atoms with Crippen LogP contribution in [0, 0.1) is 0 Å². The van der Waals surface area contributed by atoms with Crippen LogP contribution in [0.3, 0.4) is 0 Å². The maximum absolute atomic E-state index is 12.4.